The van der Waals surface area contributed by atoms with Gasteiger partial charge in [0.15, 0.2) is 0 Å². The second-order valence-corrected chi connectivity index (χ2v) is 3.37. The molecule has 1 aliphatic carbocycles. The average molecular weight is 169 g/mol. The summed E-state index contributed by atoms with van der Waals surface area (Å²) < 4.78 is 0. The Morgan fingerprint density at radius 3 is 2.58 bits per heavy atom. The van der Waals surface area contributed by atoms with Crippen molar-refractivity contribution in [3.8, 4) is 0 Å². The van der Waals surface area contributed by atoms with E-state index in [0.717, 1.165) is 12.3 Å². The predicted molar refractivity (Wildman–Crippen MR) is 51.9 cm³/mol. The smallest absolute Gasteiger partial charge is 0.110 e. The van der Waals surface area contributed by atoms with E-state index in [2.05, 4.69) is 17.3 Å². The molecule has 12 heavy (non-hydrogen) atoms. The van der Waals surface area contributed by atoms with Gasteiger partial charge < -0.3 is 5.43 Å². The van der Waals surface area contributed by atoms with Crippen LogP contribution in [0.5, 0.6) is 0 Å². The molecule has 3 N–H and O–H groups in total. The lowest BCUT2D eigenvalue weighted by molar-refractivity contribution is 0.442. The number of hydrogen-bond donors (Lipinski definition) is 2. The molecule has 0 unspecified atom stereocenters. The fourth-order valence-corrected chi connectivity index (χ4v) is 1.66. The Balaban J connectivity index is 2.39. The number of nitrogens with two attached hydrogens (primary N) is 1. The first-order valence-corrected chi connectivity index (χ1v) is 4.90. The molecule has 0 radical (unpaired) electrons. The fourth-order valence-electron chi connectivity index (χ4n) is 1.66. The van der Waals surface area contributed by atoms with Crippen molar-refractivity contribution in [1.29, 1.82) is 0 Å². The molecule has 0 heterocycles. The summed E-state index contributed by atoms with van der Waals surface area (Å²) >= 11 is 0. The zero-order chi connectivity index (χ0) is 8.81. The molecule has 1 saturated carbocycles. The van der Waals surface area contributed by atoms with Crippen molar-refractivity contribution in [2.75, 3.05) is 0 Å². The molecule has 70 valence electrons. The maximum atomic E-state index is 5.32. The molecule has 0 aromatic rings. The Labute approximate surface area is 74.4 Å². The Bertz CT molecular complexity index is 142. The van der Waals surface area contributed by atoms with Gasteiger partial charge >= 0.3 is 0 Å². The molecule has 0 amide bonds. The number of hydrazine groups is 1. The quantitative estimate of drug-likeness (QED) is 0.285. The monoisotopic (exact) mass is 169 g/mol. The molecule has 3 nitrogen and oxygen atoms in total. The number of hydrogen-bond acceptors (Lipinski definition) is 2. The third-order valence-corrected chi connectivity index (χ3v) is 2.41. The van der Waals surface area contributed by atoms with Gasteiger partial charge in [-0.2, -0.15) is 0 Å². The highest BCUT2D eigenvalue weighted by Gasteiger charge is 2.11. The topological polar surface area (TPSA) is 50.4 Å². The lowest BCUT2D eigenvalue weighted by Gasteiger charge is -2.18. The first kappa shape index (κ1) is 9.52. The average Bonchev–Trinajstić information content (AvgIpc) is 2.16. The van der Waals surface area contributed by atoms with Crippen LogP contribution in [0, 0.1) is 0 Å². The van der Waals surface area contributed by atoms with Crippen LogP contribution in [0.2, 0.25) is 0 Å². The summed E-state index contributed by atoms with van der Waals surface area (Å²) in [4.78, 5) is 4.55. The van der Waals surface area contributed by atoms with Crippen LogP contribution < -0.4 is 11.3 Å². The molecule has 0 aromatic heterocycles. The molecule has 0 aromatic carbocycles. The summed E-state index contributed by atoms with van der Waals surface area (Å²) in [7, 11) is 0. The third kappa shape index (κ3) is 2.81. The third-order valence-electron chi connectivity index (χ3n) is 2.41. The summed E-state index contributed by atoms with van der Waals surface area (Å²) in [5, 5.41) is 0. The number of rotatable bonds is 2. The minimum absolute atomic E-state index is 0.532. The summed E-state index contributed by atoms with van der Waals surface area (Å²) in [6, 6.07) is 0.532. The molecular formula is C9H19N3. The van der Waals surface area contributed by atoms with Crippen LogP contribution >= 0.6 is 0 Å². The minimum Gasteiger partial charge on any atom is -0.312 e. The van der Waals surface area contributed by atoms with Gasteiger partial charge in [-0.1, -0.05) is 26.2 Å². The molecule has 0 bridgehead atoms. The summed E-state index contributed by atoms with van der Waals surface area (Å²) in [6.07, 6.45) is 7.43. The van der Waals surface area contributed by atoms with Gasteiger partial charge in [-0.15, -0.1) is 0 Å². The van der Waals surface area contributed by atoms with Crippen molar-refractivity contribution in [3.05, 3.63) is 0 Å². The van der Waals surface area contributed by atoms with Crippen molar-refractivity contribution in [2.45, 2.75) is 51.5 Å². The fraction of sp³-hybridized carbons (Fsp3) is 0.889. The van der Waals surface area contributed by atoms with E-state index < -0.39 is 0 Å². The molecule has 0 aliphatic heterocycles. The Morgan fingerprint density at radius 2 is 2.08 bits per heavy atom. The summed E-state index contributed by atoms with van der Waals surface area (Å²) in [6.45, 7) is 2.07. The highest BCUT2D eigenvalue weighted by molar-refractivity contribution is 5.81. The minimum atomic E-state index is 0.532. The standard InChI is InChI=1S/C9H19N3/c1-2-9(12-10)11-8-6-4-3-5-7-8/h8H,2-7,10H2,1H3,(H,11,12). The SMILES string of the molecule is CCC(=NC1CCCCC1)NN. The van der Waals surface area contributed by atoms with Gasteiger partial charge in [-0.3, -0.25) is 4.99 Å². The van der Waals surface area contributed by atoms with Gasteiger partial charge in [0.05, 0.1) is 6.04 Å². The lowest BCUT2D eigenvalue weighted by Crippen LogP contribution is -2.31. The van der Waals surface area contributed by atoms with Crippen molar-refractivity contribution in [1.82, 2.24) is 5.43 Å². The van der Waals surface area contributed by atoms with Gasteiger partial charge in [-0.25, -0.2) is 5.84 Å². The van der Waals surface area contributed by atoms with Crippen molar-refractivity contribution < 1.29 is 0 Å². The Kier molecular flexibility index (Phi) is 4.08. The van der Waals surface area contributed by atoms with Gasteiger partial charge in [0, 0.05) is 6.42 Å². The van der Waals surface area contributed by atoms with Crippen molar-refractivity contribution >= 4 is 5.84 Å². The van der Waals surface area contributed by atoms with Gasteiger partial charge in [0.25, 0.3) is 0 Å². The van der Waals surface area contributed by atoms with E-state index in [-0.39, 0.29) is 0 Å². The highest BCUT2D eigenvalue weighted by Crippen LogP contribution is 2.20. The maximum Gasteiger partial charge on any atom is 0.110 e. The molecule has 0 spiro atoms. The van der Waals surface area contributed by atoms with Crippen LogP contribution in [0.15, 0.2) is 4.99 Å². The first-order valence-electron chi connectivity index (χ1n) is 4.90. The number of nitrogens with one attached hydrogen (secondary N) is 1. The lowest BCUT2D eigenvalue weighted by atomic mass is 9.96. The molecule has 1 aliphatic rings. The predicted octanol–water partition coefficient (Wildman–Crippen LogP) is 1.59. The second-order valence-electron chi connectivity index (χ2n) is 3.37. The van der Waals surface area contributed by atoms with E-state index in [1.807, 2.05) is 0 Å². The molecule has 0 atom stereocenters. The normalized spacial score (nSPS) is 21.0. The van der Waals surface area contributed by atoms with Crippen molar-refractivity contribution in [3.63, 3.8) is 0 Å². The van der Waals surface area contributed by atoms with Crippen LogP contribution in [0.25, 0.3) is 0 Å². The molecule has 3 heteroatoms. The van der Waals surface area contributed by atoms with Crippen LogP contribution in [0.4, 0.5) is 0 Å². The molecular weight excluding hydrogens is 150 g/mol. The van der Waals surface area contributed by atoms with Gasteiger partial charge in [0.2, 0.25) is 0 Å². The number of amidine groups is 1. The van der Waals surface area contributed by atoms with Gasteiger partial charge in [-0.05, 0) is 12.8 Å². The summed E-state index contributed by atoms with van der Waals surface area (Å²) in [5.74, 6) is 6.27. The van der Waals surface area contributed by atoms with E-state index in [0.29, 0.717) is 6.04 Å². The zero-order valence-electron chi connectivity index (χ0n) is 7.84. The van der Waals surface area contributed by atoms with Crippen molar-refractivity contribution in [2.24, 2.45) is 10.8 Å². The van der Waals surface area contributed by atoms with E-state index in [1.165, 1.54) is 32.1 Å². The van der Waals surface area contributed by atoms with E-state index in [1.54, 1.807) is 0 Å². The second kappa shape index (κ2) is 5.14. The van der Waals surface area contributed by atoms with Crippen LogP contribution in [0.1, 0.15) is 45.4 Å². The van der Waals surface area contributed by atoms with Gasteiger partial charge in [0.1, 0.15) is 5.84 Å². The van der Waals surface area contributed by atoms with Crippen LogP contribution in [0.3, 0.4) is 0 Å². The molecule has 1 rings (SSSR count). The highest BCUT2D eigenvalue weighted by atomic mass is 15.2. The zero-order valence-corrected chi connectivity index (χ0v) is 7.84. The Morgan fingerprint density at radius 1 is 1.42 bits per heavy atom. The number of nitrogens with zero attached hydrogens (tertiary/aromatic N) is 1. The maximum absolute atomic E-state index is 5.32. The van der Waals surface area contributed by atoms with E-state index in [4.69, 9.17) is 5.84 Å². The summed E-state index contributed by atoms with van der Waals surface area (Å²) in [5.41, 5.74) is 2.65. The molecule has 0 saturated heterocycles. The van der Waals surface area contributed by atoms with E-state index in [9.17, 15) is 0 Å². The largest absolute Gasteiger partial charge is 0.312 e. The first-order chi connectivity index (χ1) is 5.86. The molecule has 1 fully saturated rings. The van der Waals surface area contributed by atoms with E-state index >= 15 is 0 Å². The number of aliphatic imine (C=N–C) groups is 1. The Hall–Kier alpha value is -0.570. The van der Waals surface area contributed by atoms with Crippen LogP contribution in [-0.4, -0.2) is 11.9 Å². The van der Waals surface area contributed by atoms with Crippen LogP contribution in [-0.2, 0) is 0 Å².